The maximum absolute atomic E-state index is 12.4. The lowest BCUT2D eigenvalue weighted by atomic mass is 10.1. The van der Waals surface area contributed by atoms with Crippen LogP contribution >= 0.6 is 23.4 Å². The van der Waals surface area contributed by atoms with E-state index in [1.807, 2.05) is 41.3 Å². The highest BCUT2D eigenvalue weighted by atomic mass is 35.5. The molecule has 0 radical (unpaired) electrons. The van der Waals surface area contributed by atoms with Crippen LogP contribution in [-0.2, 0) is 5.75 Å². The molecule has 0 aliphatic carbocycles. The normalized spacial score (nSPS) is 14.7. The second kappa shape index (κ2) is 7.89. The van der Waals surface area contributed by atoms with Crippen molar-refractivity contribution in [2.24, 2.45) is 0 Å². The van der Waals surface area contributed by atoms with Crippen molar-refractivity contribution in [3.05, 3.63) is 64.7 Å². The van der Waals surface area contributed by atoms with Crippen molar-refractivity contribution >= 4 is 29.3 Å². The van der Waals surface area contributed by atoms with E-state index in [1.54, 1.807) is 11.8 Å². The zero-order valence-corrected chi connectivity index (χ0v) is 14.6. The van der Waals surface area contributed by atoms with Crippen molar-refractivity contribution in [3.63, 3.8) is 0 Å². The van der Waals surface area contributed by atoms with Crippen LogP contribution < -0.4 is 0 Å². The summed E-state index contributed by atoms with van der Waals surface area (Å²) in [5, 5.41) is 0.759. The molecule has 1 aliphatic rings. The van der Waals surface area contributed by atoms with Gasteiger partial charge in [-0.3, -0.25) is 4.79 Å². The summed E-state index contributed by atoms with van der Waals surface area (Å²) in [5.41, 5.74) is 2.02. The van der Waals surface area contributed by atoms with Gasteiger partial charge >= 0.3 is 0 Å². The summed E-state index contributed by atoms with van der Waals surface area (Å²) in [7, 11) is 0. The minimum Gasteiger partial charge on any atom is -0.339 e. The standard InChI is InChI=1S/C19H20ClNOS/c20-17-8-10-18(11-9-17)23-14-15-4-6-16(7-5-15)19(22)21-12-2-1-3-13-21/h4-11H,1-3,12-14H2. The molecule has 0 aromatic heterocycles. The van der Waals surface area contributed by atoms with E-state index < -0.39 is 0 Å². The fourth-order valence-corrected chi connectivity index (χ4v) is 3.70. The molecule has 23 heavy (non-hydrogen) atoms. The third kappa shape index (κ3) is 4.52. The summed E-state index contributed by atoms with van der Waals surface area (Å²) < 4.78 is 0. The van der Waals surface area contributed by atoms with Crippen molar-refractivity contribution in [1.82, 2.24) is 4.90 Å². The van der Waals surface area contributed by atoms with Crippen LogP contribution in [0, 0.1) is 0 Å². The molecule has 0 saturated carbocycles. The van der Waals surface area contributed by atoms with Gasteiger partial charge in [-0.15, -0.1) is 11.8 Å². The number of amides is 1. The molecule has 2 aromatic rings. The summed E-state index contributed by atoms with van der Waals surface area (Å²) in [6.07, 6.45) is 3.49. The molecular weight excluding hydrogens is 326 g/mol. The van der Waals surface area contributed by atoms with Crippen LogP contribution in [0.15, 0.2) is 53.4 Å². The topological polar surface area (TPSA) is 20.3 Å². The minimum atomic E-state index is 0.168. The second-order valence-corrected chi connectivity index (χ2v) is 7.28. The van der Waals surface area contributed by atoms with E-state index in [1.165, 1.54) is 16.9 Å². The summed E-state index contributed by atoms with van der Waals surface area (Å²) in [5.74, 6) is 1.06. The van der Waals surface area contributed by atoms with E-state index in [9.17, 15) is 4.79 Å². The van der Waals surface area contributed by atoms with Crippen LogP contribution in [0.3, 0.4) is 0 Å². The number of halogens is 1. The van der Waals surface area contributed by atoms with Gasteiger partial charge in [0, 0.05) is 34.3 Å². The zero-order chi connectivity index (χ0) is 16.1. The average molecular weight is 346 g/mol. The van der Waals surface area contributed by atoms with Crippen LogP contribution in [0.5, 0.6) is 0 Å². The Hall–Kier alpha value is -1.45. The Morgan fingerprint density at radius 3 is 2.26 bits per heavy atom. The van der Waals surface area contributed by atoms with E-state index in [2.05, 4.69) is 12.1 Å². The Morgan fingerprint density at radius 2 is 1.61 bits per heavy atom. The van der Waals surface area contributed by atoms with Gasteiger partial charge in [0.05, 0.1) is 0 Å². The lowest BCUT2D eigenvalue weighted by molar-refractivity contribution is 0.0724. The molecule has 120 valence electrons. The Labute approximate surface area is 146 Å². The molecule has 1 amide bonds. The molecule has 0 spiro atoms. The Balaban J connectivity index is 1.58. The van der Waals surface area contributed by atoms with Crippen molar-refractivity contribution in [3.8, 4) is 0 Å². The number of carbonyl (C=O) groups is 1. The number of rotatable bonds is 4. The fourth-order valence-electron chi connectivity index (χ4n) is 2.72. The maximum Gasteiger partial charge on any atom is 0.253 e. The van der Waals surface area contributed by atoms with Gasteiger partial charge in [-0.05, 0) is 61.2 Å². The Morgan fingerprint density at radius 1 is 0.957 bits per heavy atom. The van der Waals surface area contributed by atoms with Crippen LogP contribution in [-0.4, -0.2) is 23.9 Å². The molecule has 1 fully saturated rings. The highest BCUT2D eigenvalue weighted by Gasteiger charge is 2.17. The predicted octanol–water partition coefficient (Wildman–Crippen LogP) is 5.26. The van der Waals surface area contributed by atoms with E-state index in [4.69, 9.17) is 11.6 Å². The number of likely N-dealkylation sites (tertiary alicyclic amines) is 1. The number of benzene rings is 2. The third-order valence-corrected chi connectivity index (χ3v) is 5.40. The van der Waals surface area contributed by atoms with Crippen molar-refractivity contribution < 1.29 is 4.79 Å². The van der Waals surface area contributed by atoms with E-state index >= 15 is 0 Å². The number of thioether (sulfide) groups is 1. The molecule has 1 aliphatic heterocycles. The predicted molar refractivity (Wildman–Crippen MR) is 97.2 cm³/mol. The number of carbonyl (C=O) groups excluding carboxylic acids is 1. The SMILES string of the molecule is O=C(c1ccc(CSc2ccc(Cl)cc2)cc1)N1CCCCC1. The lowest BCUT2D eigenvalue weighted by Gasteiger charge is -2.26. The largest absolute Gasteiger partial charge is 0.339 e. The monoisotopic (exact) mass is 345 g/mol. The van der Waals surface area contributed by atoms with Gasteiger partial charge in [-0.2, -0.15) is 0 Å². The Kier molecular flexibility index (Phi) is 5.63. The average Bonchev–Trinajstić information content (AvgIpc) is 2.62. The first-order chi connectivity index (χ1) is 11.2. The van der Waals surface area contributed by atoms with E-state index in [-0.39, 0.29) is 5.91 Å². The molecule has 0 N–H and O–H groups in total. The first-order valence-corrected chi connectivity index (χ1v) is 9.35. The van der Waals surface area contributed by atoms with Crippen molar-refractivity contribution in [2.75, 3.05) is 13.1 Å². The zero-order valence-electron chi connectivity index (χ0n) is 13.0. The van der Waals surface area contributed by atoms with Gasteiger partial charge in [0.15, 0.2) is 0 Å². The molecule has 3 rings (SSSR count). The molecule has 0 bridgehead atoms. The highest BCUT2D eigenvalue weighted by molar-refractivity contribution is 7.98. The number of hydrogen-bond donors (Lipinski definition) is 0. The van der Waals surface area contributed by atoms with Crippen molar-refractivity contribution in [2.45, 2.75) is 29.9 Å². The third-order valence-electron chi connectivity index (χ3n) is 4.06. The fraction of sp³-hybridized carbons (Fsp3) is 0.316. The van der Waals surface area contributed by atoms with Gasteiger partial charge in [0.1, 0.15) is 0 Å². The van der Waals surface area contributed by atoms with Crippen LogP contribution in [0.2, 0.25) is 5.02 Å². The van der Waals surface area contributed by atoms with Gasteiger partial charge in [0.25, 0.3) is 5.91 Å². The number of hydrogen-bond acceptors (Lipinski definition) is 2. The van der Waals surface area contributed by atoms with Crippen LogP contribution in [0.4, 0.5) is 0 Å². The molecule has 0 atom stereocenters. The molecule has 4 heteroatoms. The van der Waals surface area contributed by atoms with Gasteiger partial charge < -0.3 is 4.90 Å². The minimum absolute atomic E-state index is 0.168. The van der Waals surface area contributed by atoms with Crippen molar-refractivity contribution in [1.29, 1.82) is 0 Å². The quantitative estimate of drug-likeness (QED) is 0.704. The van der Waals surface area contributed by atoms with E-state index in [0.717, 1.165) is 42.3 Å². The summed E-state index contributed by atoms with van der Waals surface area (Å²) in [6, 6.07) is 15.9. The first kappa shape index (κ1) is 16.4. The molecule has 0 unspecified atom stereocenters. The molecule has 1 heterocycles. The smallest absolute Gasteiger partial charge is 0.253 e. The van der Waals surface area contributed by atoms with Crippen LogP contribution in [0.25, 0.3) is 0 Å². The second-order valence-electron chi connectivity index (χ2n) is 5.79. The number of nitrogens with zero attached hydrogens (tertiary/aromatic N) is 1. The summed E-state index contributed by atoms with van der Waals surface area (Å²) in [6.45, 7) is 1.79. The number of piperidine rings is 1. The van der Waals surface area contributed by atoms with Gasteiger partial charge in [-0.25, -0.2) is 0 Å². The molecule has 2 nitrogen and oxygen atoms in total. The maximum atomic E-state index is 12.4. The summed E-state index contributed by atoms with van der Waals surface area (Å²) in [4.78, 5) is 15.6. The van der Waals surface area contributed by atoms with Gasteiger partial charge in [-0.1, -0.05) is 23.7 Å². The summed E-state index contributed by atoms with van der Waals surface area (Å²) >= 11 is 7.67. The molecule has 1 saturated heterocycles. The Bertz CT molecular complexity index is 648. The molecular formula is C19H20ClNOS. The first-order valence-electron chi connectivity index (χ1n) is 7.99. The lowest BCUT2D eigenvalue weighted by Crippen LogP contribution is -2.35. The highest BCUT2D eigenvalue weighted by Crippen LogP contribution is 2.24. The van der Waals surface area contributed by atoms with E-state index in [0.29, 0.717) is 0 Å². The van der Waals surface area contributed by atoms with Gasteiger partial charge in [0.2, 0.25) is 0 Å². The molecule has 2 aromatic carbocycles. The van der Waals surface area contributed by atoms with Crippen LogP contribution in [0.1, 0.15) is 35.2 Å².